The van der Waals surface area contributed by atoms with Crippen LogP contribution in [-0.4, -0.2) is 4.98 Å². The second kappa shape index (κ2) is 4.05. The smallest absolute Gasteiger partial charge is 0.0529 e. The van der Waals surface area contributed by atoms with E-state index in [1.165, 1.54) is 4.88 Å². The van der Waals surface area contributed by atoms with Gasteiger partial charge < -0.3 is 5.32 Å². The van der Waals surface area contributed by atoms with Crippen LogP contribution in [0.2, 0.25) is 0 Å². The Morgan fingerprint density at radius 2 is 2.31 bits per heavy atom. The molecule has 1 N–H and O–H groups in total. The van der Waals surface area contributed by atoms with E-state index >= 15 is 0 Å². The van der Waals surface area contributed by atoms with Crippen LogP contribution in [0.3, 0.4) is 0 Å². The maximum absolute atomic E-state index is 4.03. The van der Waals surface area contributed by atoms with E-state index in [9.17, 15) is 0 Å². The van der Waals surface area contributed by atoms with E-state index in [1.807, 2.05) is 18.3 Å². The summed E-state index contributed by atoms with van der Waals surface area (Å²) in [6.45, 7) is 0.878. The maximum atomic E-state index is 4.03. The minimum Gasteiger partial charge on any atom is -0.379 e. The van der Waals surface area contributed by atoms with Crippen LogP contribution in [0.25, 0.3) is 0 Å². The molecule has 0 fully saturated rings. The summed E-state index contributed by atoms with van der Waals surface area (Å²) in [6, 6.07) is 8.12. The first kappa shape index (κ1) is 8.26. The van der Waals surface area contributed by atoms with Gasteiger partial charge in [0.1, 0.15) is 0 Å². The van der Waals surface area contributed by atoms with Gasteiger partial charge in [-0.15, -0.1) is 11.3 Å². The van der Waals surface area contributed by atoms with Crippen LogP contribution in [0.5, 0.6) is 0 Å². The summed E-state index contributed by atoms with van der Waals surface area (Å²) in [4.78, 5) is 5.36. The average molecular weight is 190 g/mol. The molecule has 0 bridgehead atoms. The zero-order chi connectivity index (χ0) is 8.93. The predicted octanol–water partition coefficient (Wildman–Crippen LogP) is 2.76. The third-order valence-electron chi connectivity index (χ3n) is 1.71. The minimum absolute atomic E-state index is 0.878. The van der Waals surface area contributed by atoms with Crippen molar-refractivity contribution in [1.82, 2.24) is 4.98 Å². The molecule has 0 spiro atoms. The lowest BCUT2D eigenvalue weighted by Gasteiger charge is -2.02. The molecular weight excluding hydrogens is 180 g/mol. The first-order valence-corrected chi connectivity index (χ1v) is 4.99. The van der Waals surface area contributed by atoms with Crippen LogP contribution in [0, 0.1) is 0 Å². The Labute approximate surface area is 81.3 Å². The number of pyridine rings is 1. The molecule has 0 aliphatic carbocycles. The van der Waals surface area contributed by atoms with Crippen molar-refractivity contribution in [3.63, 3.8) is 0 Å². The zero-order valence-corrected chi connectivity index (χ0v) is 7.92. The number of anilines is 1. The molecule has 0 radical (unpaired) electrons. The van der Waals surface area contributed by atoms with Crippen LogP contribution in [-0.2, 0) is 6.54 Å². The molecule has 0 aliphatic rings. The standard InChI is InChI=1S/C10H10N2S/c1-3-9(7-11-5-1)12-8-10-4-2-6-13-10/h1-7,12H,8H2. The van der Waals surface area contributed by atoms with Gasteiger partial charge in [-0.2, -0.15) is 0 Å². The third-order valence-corrected chi connectivity index (χ3v) is 2.58. The molecule has 2 aromatic heterocycles. The Balaban J connectivity index is 1.94. The monoisotopic (exact) mass is 190 g/mol. The fraction of sp³-hybridized carbons (Fsp3) is 0.100. The first-order chi connectivity index (χ1) is 6.45. The summed E-state index contributed by atoms with van der Waals surface area (Å²) >= 11 is 1.76. The highest BCUT2D eigenvalue weighted by atomic mass is 32.1. The lowest BCUT2D eigenvalue weighted by Crippen LogP contribution is -1.96. The van der Waals surface area contributed by atoms with Gasteiger partial charge >= 0.3 is 0 Å². The number of nitrogens with zero attached hydrogens (tertiary/aromatic N) is 1. The Hall–Kier alpha value is -1.35. The highest BCUT2D eigenvalue weighted by molar-refractivity contribution is 7.09. The minimum atomic E-state index is 0.878. The fourth-order valence-corrected chi connectivity index (χ4v) is 1.71. The maximum Gasteiger partial charge on any atom is 0.0529 e. The summed E-state index contributed by atoms with van der Waals surface area (Å²) in [5, 5.41) is 5.38. The zero-order valence-electron chi connectivity index (χ0n) is 7.10. The van der Waals surface area contributed by atoms with Crippen LogP contribution in [0.1, 0.15) is 4.88 Å². The van der Waals surface area contributed by atoms with Gasteiger partial charge in [-0.05, 0) is 23.6 Å². The van der Waals surface area contributed by atoms with Gasteiger partial charge in [0.2, 0.25) is 0 Å². The van der Waals surface area contributed by atoms with E-state index in [1.54, 1.807) is 17.5 Å². The van der Waals surface area contributed by atoms with E-state index in [-0.39, 0.29) is 0 Å². The molecule has 0 aromatic carbocycles. The molecular formula is C10H10N2S. The third kappa shape index (κ3) is 2.29. The van der Waals surface area contributed by atoms with Crippen LogP contribution >= 0.6 is 11.3 Å². The van der Waals surface area contributed by atoms with Gasteiger partial charge in [0.05, 0.1) is 5.69 Å². The Morgan fingerprint density at radius 1 is 1.31 bits per heavy atom. The van der Waals surface area contributed by atoms with Gasteiger partial charge in [-0.3, -0.25) is 4.98 Å². The van der Waals surface area contributed by atoms with Crippen molar-refractivity contribution in [2.24, 2.45) is 0 Å². The fourth-order valence-electron chi connectivity index (χ4n) is 1.07. The second-order valence-corrected chi connectivity index (χ2v) is 3.71. The van der Waals surface area contributed by atoms with E-state index in [0.717, 1.165) is 12.2 Å². The topological polar surface area (TPSA) is 24.9 Å². The van der Waals surface area contributed by atoms with Crippen molar-refractivity contribution in [2.45, 2.75) is 6.54 Å². The van der Waals surface area contributed by atoms with Crippen molar-refractivity contribution >= 4 is 17.0 Å². The Kier molecular flexibility index (Phi) is 2.57. The quantitative estimate of drug-likeness (QED) is 0.805. The normalized spacial score (nSPS) is 9.85. The molecule has 0 saturated heterocycles. The lowest BCUT2D eigenvalue weighted by molar-refractivity contribution is 1.17. The average Bonchev–Trinajstić information content (AvgIpc) is 2.69. The number of hydrogen-bond donors (Lipinski definition) is 1. The molecule has 2 heterocycles. The molecule has 3 heteroatoms. The van der Waals surface area contributed by atoms with Gasteiger partial charge in [0.25, 0.3) is 0 Å². The largest absolute Gasteiger partial charge is 0.379 e. The molecule has 66 valence electrons. The molecule has 2 aromatic rings. The van der Waals surface area contributed by atoms with E-state index < -0.39 is 0 Å². The van der Waals surface area contributed by atoms with Crippen molar-refractivity contribution in [3.05, 3.63) is 46.9 Å². The Bertz CT molecular complexity index is 342. The van der Waals surface area contributed by atoms with Gasteiger partial charge in [-0.25, -0.2) is 0 Å². The van der Waals surface area contributed by atoms with Gasteiger partial charge in [-0.1, -0.05) is 6.07 Å². The highest BCUT2D eigenvalue weighted by Gasteiger charge is 1.93. The number of thiophene rings is 1. The highest BCUT2D eigenvalue weighted by Crippen LogP contribution is 2.11. The molecule has 0 amide bonds. The molecule has 13 heavy (non-hydrogen) atoms. The number of aromatic nitrogens is 1. The predicted molar refractivity (Wildman–Crippen MR) is 55.9 cm³/mol. The summed E-state index contributed by atoms with van der Waals surface area (Å²) < 4.78 is 0. The molecule has 2 rings (SSSR count). The molecule has 0 saturated carbocycles. The van der Waals surface area contributed by atoms with Crippen molar-refractivity contribution < 1.29 is 0 Å². The molecule has 0 aliphatic heterocycles. The molecule has 2 nitrogen and oxygen atoms in total. The van der Waals surface area contributed by atoms with Crippen molar-refractivity contribution in [1.29, 1.82) is 0 Å². The molecule has 0 atom stereocenters. The summed E-state index contributed by atoms with van der Waals surface area (Å²) in [5.41, 5.74) is 1.07. The van der Waals surface area contributed by atoms with Crippen LogP contribution in [0.4, 0.5) is 5.69 Å². The van der Waals surface area contributed by atoms with Crippen molar-refractivity contribution in [3.8, 4) is 0 Å². The SMILES string of the molecule is c1cncc(NCc2cccs2)c1. The first-order valence-electron chi connectivity index (χ1n) is 4.11. The lowest BCUT2D eigenvalue weighted by atomic mass is 10.4. The molecule has 0 unspecified atom stereocenters. The van der Waals surface area contributed by atoms with Crippen molar-refractivity contribution in [2.75, 3.05) is 5.32 Å². The number of nitrogens with one attached hydrogen (secondary N) is 1. The van der Waals surface area contributed by atoms with Gasteiger partial charge in [0, 0.05) is 23.8 Å². The Morgan fingerprint density at radius 3 is 3.00 bits per heavy atom. The van der Waals surface area contributed by atoms with E-state index in [2.05, 4.69) is 27.8 Å². The van der Waals surface area contributed by atoms with Crippen LogP contribution < -0.4 is 5.32 Å². The van der Waals surface area contributed by atoms with Gasteiger partial charge in [0.15, 0.2) is 0 Å². The summed E-state index contributed by atoms with van der Waals surface area (Å²) in [5.74, 6) is 0. The second-order valence-electron chi connectivity index (χ2n) is 2.67. The number of rotatable bonds is 3. The van der Waals surface area contributed by atoms with Crippen LogP contribution in [0.15, 0.2) is 42.0 Å². The number of hydrogen-bond acceptors (Lipinski definition) is 3. The summed E-state index contributed by atoms with van der Waals surface area (Å²) in [6.07, 6.45) is 3.60. The van der Waals surface area contributed by atoms with E-state index in [0.29, 0.717) is 0 Å². The van der Waals surface area contributed by atoms with E-state index in [4.69, 9.17) is 0 Å². The summed E-state index contributed by atoms with van der Waals surface area (Å²) in [7, 11) is 0.